The molecule has 0 aromatic carbocycles. The average Bonchev–Trinajstić information content (AvgIpc) is 3.01. The van der Waals surface area contributed by atoms with Crippen LogP contribution in [0.2, 0.25) is 0 Å². The number of fused-ring (bicyclic) bond motifs is 5. The molecular formula is C26H42N2O2. The van der Waals surface area contributed by atoms with Gasteiger partial charge in [0, 0.05) is 30.3 Å². The predicted octanol–water partition coefficient (Wildman–Crippen LogP) is 5.49. The zero-order chi connectivity index (χ0) is 22.0. The van der Waals surface area contributed by atoms with Crippen molar-refractivity contribution < 1.29 is 9.59 Å². The lowest BCUT2D eigenvalue weighted by molar-refractivity contribution is -0.148. The van der Waals surface area contributed by atoms with Gasteiger partial charge in [0.05, 0.1) is 5.71 Å². The molecule has 4 aliphatic rings. The van der Waals surface area contributed by atoms with Crippen molar-refractivity contribution in [2.24, 2.45) is 40.4 Å². The number of Topliss-reactive ketones (excluding diaryl/α,β-unsaturated/α-hetero) is 1. The number of rotatable bonds is 3. The van der Waals surface area contributed by atoms with Crippen molar-refractivity contribution in [1.29, 1.82) is 5.41 Å². The van der Waals surface area contributed by atoms with Crippen molar-refractivity contribution in [2.45, 2.75) is 105 Å². The summed E-state index contributed by atoms with van der Waals surface area (Å²) in [5.74, 6) is 2.69. The third kappa shape index (κ3) is 3.03. The molecule has 4 aliphatic carbocycles. The van der Waals surface area contributed by atoms with Crippen LogP contribution in [0, 0.1) is 45.8 Å². The van der Waals surface area contributed by atoms with Gasteiger partial charge in [0.2, 0.25) is 5.91 Å². The first-order valence-electron chi connectivity index (χ1n) is 12.5. The molecule has 1 N–H and O–H groups in total. The van der Waals surface area contributed by atoms with Gasteiger partial charge in [0.1, 0.15) is 0 Å². The van der Waals surface area contributed by atoms with Crippen LogP contribution < -0.4 is 0 Å². The van der Waals surface area contributed by atoms with E-state index >= 15 is 0 Å². The summed E-state index contributed by atoms with van der Waals surface area (Å²) in [5, 5.41) is 8.45. The zero-order valence-corrected chi connectivity index (χ0v) is 20.0. The Kier molecular flexibility index (Phi) is 5.47. The fraction of sp³-hybridized carbons (Fsp3) is 0.885. The second kappa shape index (κ2) is 7.45. The molecule has 0 radical (unpaired) electrons. The highest BCUT2D eigenvalue weighted by atomic mass is 16.2. The molecule has 0 spiro atoms. The van der Waals surface area contributed by atoms with Crippen LogP contribution in [0.3, 0.4) is 0 Å². The Bertz CT molecular complexity index is 735. The summed E-state index contributed by atoms with van der Waals surface area (Å²) in [4.78, 5) is 28.0. The highest BCUT2D eigenvalue weighted by molar-refractivity contribution is 6.40. The Hall–Kier alpha value is -1.19. The second-order valence-corrected chi connectivity index (χ2v) is 12.0. The maximum atomic E-state index is 13.7. The molecule has 4 rings (SSSR count). The van der Waals surface area contributed by atoms with Gasteiger partial charge in [-0.1, -0.05) is 13.8 Å². The van der Waals surface area contributed by atoms with Crippen molar-refractivity contribution in [3.63, 3.8) is 0 Å². The maximum Gasteiger partial charge on any atom is 0.226 e. The summed E-state index contributed by atoms with van der Waals surface area (Å²) in [6.07, 6.45) is 8.17. The molecule has 4 heteroatoms. The normalized spacial score (nSPS) is 43.4. The predicted molar refractivity (Wildman–Crippen MR) is 120 cm³/mol. The third-order valence-corrected chi connectivity index (χ3v) is 10.1. The quantitative estimate of drug-likeness (QED) is 0.664. The molecule has 1 unspecified atom stereocenters. The number of hydrogen-bond donors (Lipinski definition) is 1. The fourth-order valence-corrected chi connectivity index (χ4v) is 8.69. The van der Waals surface area contributed by atoms with Crippen LogP contribution in [0.25, 0.3) is 0 Å². The molecule has 0 saturated heterocycles. The molecule has 0 aromatic heterocycles. The lowest BCUT2D eigenvalue weighted by Gasteiger charge is -2.60. The number of carbonyl (C=O) groups is 2. The molecule has 30 heavy (non-hydrogen) atoms. The summed E-state index contributed by atoms with van der Waals surface area (Å²) >= 11 is 0. The summed E-state index contributed by atoms with van der Waals surface area (Å²) in [6, 6.07) is 0.494. The van der Waals surface area contributed by atoms with E-state index in [-0.39, 0.29) is 40.5 Å². The Morgan fingerprint density at radius 1 is 0.933 bits per heavy atom. The molecule has 4 saturated carbocycles. The molecule has 1 amide bonds. The van der Waals surface area contributed by atoms with Crippen LogP contribution in [0.1, 0.15) is 92.9 Å². The van der Waals surface area contributed by atoms with Crippen molar-refractivity contribution in [3.05, 3.63) is 0 Å². The molecule has 7 atom stereocenters. The van der Waals surface area contributed by atoms with E-state index in [0.29, 0.717) is 35.8 Å². The summed E-state index contributed by atoms with van der Waals surface area (Å²) in [5.41, 5.74) is 0.639. The van der Waals surface area contributed by atoms with E-state index in [1.807, 2.05) is 0 Å². The first-order valence-corrected chi connectivity index (χ1v) is 12.5. The standard InChI is InChI=1S/C26H42N2O2/c1-15(2)28(16(3)4)24(30)21-10-9-18-17-7-8-20-23(27)22(29)12-14-25(20,5)19(17)11-13-26(18,21)6/h15-21,27H,7-14H2,1-6H3/t17-,18-,19-,20?,21+,25+,26-/m0/s1. The highest BCUT2D eigenvalue weighted by Gasteiger charge is 2.62. The molecule has 4 nitrogen and oxygen atoms in total. The average molecular weight is 415 g/mol. The van der Waals surface area contributed by atoms with Crippen LogP contribution in [-0.4, -0.2) is 34.4 Å². The third-order valence-electron chi connectivity index (χ3n) is 10.1. The number of amides is 1. The van der Waals surface area contributed by atoms with Gasteiger partial charge >= 0.3 is 0 Å². The van der Waals surface area contributed by atoms with Crippen LogP contribution in [0.15, 0.2) is 0 Å². The Labute approximate surface area is 183 Å². The molecule has 4 fully saturated rings. The number of carbonyl (C=O) groups excluding carboxylic acids is 2. The number of nitrogens with zero attached hydrogens (tertiary/aromatic N) is 1. The van der Waals surface area contributed by atoms with Crippen molar-refractivity contribution >= 4 is 17.4 Å². The van der Waals surface area contributed by atoms with Gasteiger partial charge in [-0.3, -0.25) is 9.59 Å². The SMILES string of the molecule is CC(C)N(C(=O)[C@H]1CC[C@H]2[C@@H]3CCC4C(=N)C(=O)CC[C@]4(C)[C@H]3CC[C@]12C)C(C)C. The van der Waals surface area contributed by atoms with Gasteiger partial charge in [-0.15, -0.1) is 0 Å². The Morgan fingerprint density at radius 2 is 1.57 bits per heavy atom. The molecule has 0 aliphatic heterocycles. The van der Waals surface area contributed by atoms with E-state index in [1.54, 1.807) is 0 Å². The smallest absolute Gasteiger partial charge is 0.226 e. The maximum absolute atomic E-state index is 13.7. The van der Waals surface area contributed by atoms with Crippen molar-refractivity contribution in [1.82, 2.24) is 4.90 Å². The summed E-state index contributed by atoms with van der Waals surface area (Å²) in [7, 11) is 0. The molecule has 168 valence electrons. The van der Waals surface area contributed by atoms with E-state index in [9.17, 15) is 9.59 Å². The van der Waals surface area contributed by atoms with Crippen LogP contribution in [0.5, 0.6) is 0 Å². The topological polar surface area (TPSA) is 61.2 Å². The minimum absolute atomic E-state index is 0.0885. The highest BCUT2D eigenvalue weighted by Crippen LogP contribution is 2.67. The van der Waals surface area contributed by atoms with Crippen LogP contribution >= 0.6 is 0 Å². The van der Waals surface area contributed by atoms with Crippen LogP contribution in [0.4, 0.5) is 0 Å². The molecule has 0 aromatic rings. The van der Waals surface area contributed by atoms with Crippen LogP contribution in [-0.2, 0) is 9.59 Å². The van der Waals surface area contributed by atoms with E-state index in [0.717, 1.165) is 32.1 Å². The van der Waals surface area contributed by atoms with Gasteiger partial charge in [0.25, 0.3) is 0 Å². The van der Waals surface area contributed by atoms with E-state index < -0.39 is 0 Å². The number of nitrogens with one attached hydrogen (secondary N) is 1. The number of ketones is 1. The lowest BCUT2D eigenvalue weighted by atomic mass is 9.44. The molecule has 0 bridgehead atoms. The van der Waals surface area contributed by atoms with Gasteiger partial charge in [0.15, 0.2) is 5.78 Å². The lowest BCUT2D eigenvalue weighted by Crippen LogP contribution is -2.57. The summed E-state index contributed by atoms with van der Waals surface area (Å²) in [6.45, 7) is 13.4. The first kappa shape index (κ1) is 22.0. The summed E-state index contributed by atoms with van der Waals surface area (Å²) < 4.78 is 0. The minimum Gasteiger partial charge on any atom is -0.338 e. The first-order chi connectivity index (χ1) is 14.0. The largest absolute Gasteiger partial charge is 0.338 e. The Morgan fingerprint density at radius 3 is 2.20 bits per heavy atom. The minimum atomic E-state index is 0.0885. The van der Waals surface area contributed by atoms with Crippen molar-refractivity contribution in [2.75, 3.05) is 0 Å². The number of hydrogen-bond acceptors (Lipinski definition) is 3. The second-order valence-electron chi connectivity index (χ2n) is 12.0. The molecular weight excluding hydrogens is 372 g/mol. The monoisotopic (exact) mass is 414 g/mol. The van der Waals surface area contributed by atoms with E-state index in [4.69, 9.17) is 5.41 Å². The van der Waals surface area contributed by atoms with Gasteiger partial charge in [-0.2, -0.15) is 0 Å². The van der Waals surface area contributed by atoms with E-state index in [2.05, 4.69) is 46.4 Å². The fourth-order valence-electron chi connectivity index (χ4n) is 8.69. The molecule has 0 heterocycles. The Balaban J connectivity index is 1.59. The zero-order valence-electron chi connectivity index (χ0n) is 20.0. The van der Waals surface area contributed by atoms with Gasteiger partial charge in [-0.25, -0.2) is 0 Å². The van der Waals surface area contributed by atoms with Crippen molar-refractivity contribution in [3.8, 4) is 0 Å². The van der Waals surface area contributed by atoms with E-state index in [1.165, 1.54) is 12.8 Å². The van der Waals surface area contributed by atoms with Gasteiger partial charge < -0.3 is 10.3 Å². The van der Waals surface area contributed by atoms with Gasteiger partial charge in [-0.05, 0) is 101 Å².